The Morgan fingerprint density at radius 1 is 1.07 bits per heavy atom. The van der Waals surface area contributed by atoms with E-state index >= 15 is 0 Å². The van der Waals surface area contributed by atoms with Crippen molar-refractivity contribution in [3.05, 3.63) is 72.3 Å². The summed E-state index contributed by atoms with van der Waals surface area (Å²) in [7, 11) is 4.95. The van der Waals surface area contributed by atoms with Gasteiger partial charge in [0, 0.05) is 31.3 Å². The molecule has 2 aromatic rings. The lowest BCUT2D eigenvalue weighted by Gasteiger charge is -2.15. The molecule has 0 aromatic heterocycles. The predicted molar refractivity (Wildman–Crippen MR) is 107 cm³/mol. The standard InChI is InChI=1S/C22H25NO4/c1-5-14-27-19-10-6-17(7-11-19)16-23(2)22(24)13-9-18-8-12-20(25-3)15-21(18)26-4/h5-13,15H,1,14,16H2,2-4H3/b13-9+. The summed E-state index contributed by atoms with van der Waals surface area (Å²) >= 11 is 0. The number of benzene rings is 2. The number of ether oxygens (including phenoxy) is 3. The van der Waals surface area contributed by atoms with Gasteiger partial charge >= 0.3 is 0 Å². The lowest BCUT2D eigenvalue weighted by atomic mass is 10.1. The summed E-state index contributed by atoms with van der Waals surface area (Å²) in [6.07, 6.45) is 4.97. The van der Waals surface area contributed by atoms with Gasteiger partial charge in [-0.2, -0.15) is 0 Å². The molecule has 0 saturated carbocycles. The fourth-order valence-electron chi connectivity index (χ4n) is 2.44. The first-order valence-electron chi connectivity index (χ1n) is 8.55. The number of amides is 1. The highest BCUT2D eigenvalue weighted by molar-refractivity contribution is 5.92. The van der Waals surface area contributed by atoms with Gasteiger partial charge in [0.25, 0.3) is 0 Å². The van der Waals surface area contributed by atoms with E-state index in [2.05, 4.69) is 6.58 Å². The van der Waals surface area contributed by atoms with Gasteiger partial charge in [-0.15, -0.1) is 0 Å². The van der Waals surface area contributed by atoms with Crippen molar-refractivity contribution in [2.24, 2.45) is 0 Å². The van der Waals surface area contributed by atoms with E-state index in [1.807, 2.05) is 36.4 Å². The molecular formula is C22H25NO4. The first-order valence-corrected chi connectivity index (χ1v) is 8.55. The van der Waals surface area contributed by atoms with Gasteiger partial charge in [0.1, 0.15) is 23.9 Å². The Balaban J connectivity index is 1.99. The number of carbonyl (C=O) groups excluding carboxylic acids is 1. The maximum absolute atomic E-state index is 12.4. The van der Waals surface area contributed by atoms with Gasteiger partial charge in [-0.25, -0.2) is 0 Å². The Labute approximate surface area is 160 Å². The normalized spacial score (nSPS) is 10.5. The second kappa shape index (κ2) is 10.1. The summed E-state index contributed by atoms with van der Waals surface area (Å²) in [6.45, 7) is 4.60. The van der Waals surface area contributed by atoms with E-state index in [1.165, 1.54) is 6.08 Å². The van der Waals surface area contributed by atoms with E-state index in [0.717, 1.165) is 16.9 Å². The third-order valence-corrected chi connectivity index (χ3v) is 3.93. The highest BCUT2D eigenvalue weighted by atomic mass is 16.5. The maximum atomic E-state index is 12.4. The summed E-state index contributed by atoms with van der Waals surface area (Å²) in [4.78, 5) is 14.0. The van der Waals surface area contributed by atoms with Gasteiger partial charge in [0.15, 0.2) is 0 Å². The van der Waals surface area contributed by atoms with Crippen LogP contribution in [0.3, 0.4) is 0 Å². The molecule has 0 saturated heterocycles. The third-order valence-electron chi connectivity index (χ3n) is 3.93. The third kappa shape index (κ3) is 5.92. The summed E-state index contributed by atoms with van der Waals surface area (Å²) in [6, 6.07) is 13.1. The smallest absolute Gasteiger partial charge is 0.246 e. The van der Waals surface area contributed by atoms with Crippen molar-refractivity contribution >= 4 is 12.0 Å². The molecule has 142 valence electrons. The van der Waals surface area contributed by atoms with Crippen LogP contribution in [0, 0.1) is 0 Å². The molecular weight excluding hydrogens is 342 g/mol. The van der Waals surface area contributed by atoms with E-state index in [1.54, 1.807) is 44.4 Å². The van der Waals surface area contributed by atoms with Gasteiger partial charge < -0.3 is 19.1 Å². The van der Waals surface area contributed by atoms with Gasteiger partial charge in [-0.3, -0.25) is 4.79 Å². The molecule has 0 unspecified atom stereocenters. The molecule has 0 bridgehead atoms. The van der Waals surface area contributed by atoms with E-state index in [0.29, 0.717) is 24.7 Å². The number of hydrogen-bond donors (Lipinski definition) is 0. The SMILES string of the molecule is C=CCOc1ccc(CN(C)C(=O)/C=C/c2ccc(OC)cc2OC)cc1. The molecule has 0 heterocycles. The molecule has 1 amide bonds. The number of nitrogens with zero attached hydrogens (tertiary/aromatic N) is 1. The zero-order valence-corrected chi connectivity index (χ0v) is 16.0. The molecule has 0 aliphatic carbocycles. The summed E-state index contributed by atoms with van der Waals surface area (Å²) in [5, 5.41) is 0. The Morgan fingerprint density at radius 2 is 1.78 bits per heavy atom. The van der Waals surface area contributed by atoms with Crippen LogP contribution in [0.5, 0.6) is 17.2 Å². The van der Waals surface area contributed by atoms with Crippen molar-refractivity contribution < 1.29 is 19.0 Å². The molecule has 5 nitrogen and oxygen atoms in total. The molecule has 5 heteroatoms. The highest BCUT2D eigenvalue weighted by Crippen LogP contribution is 2.25. The van der Waals surface area contributed by atoms with Crippen molar-refractivity contribution in [2.45, 2.75) is 6.54 Å². The van der Waals surface area contributed by atoms with Crippen LogP contribution >= 0.6 is 0 Å². The second-order valence-corrected chi connectivity index (χ2v) is 5.88. The largest absolute Gasteiger partial charge is 0.497 e. The number of hydrogen-bond acceptors (Lipinski definition) is 4. The van der Waals surface area contributed by atoms with Gasteiger partial charge in [-0.05, 0) is 35.9 Å². The van der Waals surface area contributed by atoms with E-state index in [-0.39, 0.29) is 5.91 Å². The minimum absolute atomic E-state index is 0.0974. The number of likely N-dealkylation sites (N-methyl/N-ethyl adjacent to an activating group) is 1. The molecule has 0 radical (unpaired) electrons. The molecule has 27 heavy (non-hydrogen) atoms. The lowest BCUT2D eigenvalue weighted by Crippen LogP contribution is -2.24. The first kappa shape index (κ1) is 20.1. The van der Waals surface area contributed by atoms with Crippen molar-refractivity contribution in [1.29, 1.82) is 0 Å². The minimum Gasteiger partial charge on any atom is -0.497 e. The van der Waals surface area contributed by atoms with Crippen LogP contribution in [0.25, 0.3) is 6.08 Å². The Hall–Kier alpha value is -3.21. The van der Waals surface area contributed by atoms with E-state index in [4.69, 9.17) is 14.2 Å². The predicted octanol–water partition coefficient (Wildman–Crippen LogP) is 3.94. The maximum Gasteiger partial charge on any atom is 0.246 e. The van der Waals surface area contributed by atoms with Crippen molar-refractivity contribution in [3.63, 3.8) is 0 Å². The molecule has 0 N–H and O–H groups in total. The van der Waals surface area contributed by atoms with Crippen molar-refractivity contribution in [1.82, 2.24) is 4.90 Å². The fourth-order valence-corrected chi connectivity index (χ4v) is 2.44. The molecule has 2 aromatic carbocycles. The number of carbonyl (C=O) groups is 1. The second-order valence-electron chi connectivity index (χ2n) is 5.88. The molecule has 0 aliphatic rings. The highest BCUT2D eigenvalue weighted by Gasteiger charge is 2.08. The van der Waals surface area contributed by atoms with Crippen LogP contribution in [0.2, 0.25) is 0 Å². The van der Waals surface area contributed by atoms with Crippen molar-refractivity contribution in [3.8, 4) is 17.2 Å². The Kier molecular flexibility index (Phi) is 7.49. The lowest BCUT2D eigenvalue weighted by molar-refractivity contribution is -0.125. The number of methoxy groups -OCH3 is 2. The summed E-state index contributed by atoms with van der Waals surface area (Å²) in [5.74, 6) is 2.03. The Bertz CT molecular complexity index is 796. The van der Waals surface area contributed by atoms with Crippen LogP contribution in [-0.4, -0.2) is 38.7 Å². The quantitative estimate of drug-likeness (QED) is 0.498. The Morgan fingerprint density at radius 3 is 2.41 bits per heavy atom. The monoisotopic (exact) mass is 367 g/mol. The molecule has 2 rings (SSSR count). The molecule has 0 atom stereocenters. The minimum atomic E-state index is -0.0974. The van der Waals surface area contributed by atoms with E-state index < -0.39 is 0 Å². The van der Waals surface area contributed by atoms with Gasteiger partial charge in [0.2, 0.25) is 5.91 Å². The fraction of sp³-hybridized carbons (Fsp3) is 0.227. The zero-order valence-electron chi connectivity index (χ0n) is 16.0. The summed E-state index contributed by atoms with van der Waals surface area (Å²) < 4.78 is 16.0. The number of rotatable bonds is 9. The molecule has 0 fully saturated rings. The molecule has 0 spiro atoms. The summed E-state index contributed by atoms with van der Waals surface area (Å²) in [5.41, 5.74) is 1.83. The van der Waals surface area contributed by atoms with Crippen LogP contribution in [0.4, 0.5) is 0 Å². The van der Waals surface area contributed by atoms with Crippen LogP contribution in [0.1, 0.15) is 11.1 Å². The van der Waals surface area contributed by atoms with Crippen LogP contribution in [-0.2, 0) is 11.3 Å². The topological polar surface area (TPSA) is 48.0 Å². The van der Waals surface area contributed by atoms with Crippen LogP contribution in [0.15, 0.2) is 61.2 Å². The van der Waals surface area contributed by atoms with Gasteiger partial charge in [0.05, 0.1) is 14.2 Å². The molecule has 0 aliphatic heterocycles. The van der Waals surface area contributed by atoms with Gasteiger partial charge in [-0.1, -0.05) is 24.8 Å². The van der Waals surface area contributed by atoms with Crippen LogP contribution < -0.4 is 14.2 Å². The average Bonchev–Trinajstić information content (AvgIpc) is 2.71. The first-order chi connectivity index (χ1) is 13.1. The average molecular weight is 367 g/mol. The van der Waals surface area contributed by atoms with Crippen molar-refractivity contribution in [2.75, 3.05) is 27.9 Å². The zero-order chi connectivity index (χ0) is 19.6. The van der Waals surface area contributed by atoms with E-state index in [9.17, 15) is 4.79 Å².